The maximum atomic E-state index is 12.5. The van der Waals surface area contributed by atoms with E-state index < -0.39 is 5.97 Å². The summed E-state index contributed by atoms with van der Waals surface area (Å²) in [7, 11) is 0. The predicted molar refractivity (Wildman–Crippen MR) is 77.3 cm³/mol. The van der Waals surface area contributed by atoms with Crippen LogP contribution in [0, 0.1) is 17.8 Å². The fourth-order valence-corrected chi connectivity index (χ4v) is 3.63. The van der Waals surface area contributed by atoms with Crippen molar-refractivity contribution >= 4 is 11.9 Å². The molecule has 0 saturated heterocycles. The van der Waals surface area contributed by atoms with Crippen LogP contribution in [0.1, 0.15) is 58.8 Å². The Balaban J connectivity index is 1.87. The zero-order valence-corrected chi connectivity index (χ0v) is 12.7. The molecule has 0 aromatic carbocycles. The first kappa shape index (κ1) is 15.3. The summed E-state index contributed by atoms with van der Waals surface area (Å²) < 4.78 is 0. The molecule has 4 nitrogen and oxygen atoms in total. The first-order valence-corrected chi connectivity index (χ1v) is 8.03. The fraction of sp³-hybridized carbons (Fsp3) is 0.875. The Labute approximate surface area is 121 Å². The van der Waals surface area contributed by atoms with E-state index in [0.717, 1.165) is 12.3 Å². The van der Waals surface area contributed by atoms with Gasteiger partial charge in [0.2, 0.25) is 5.91 Å². The molecule has 2 aliphatic rings. The molecule has 0 bridgehead atoms. The van der Waals surface area contributed by atoms with E-state index in [9.17, 15) is 9.59 Å². The summed E-state index contributed by atoms with van der Waals surface area (Å²) in [4.78, 5) is 25.0. The number of hydrogen-bond acceptors (Lipinski definition) is 2. The Kier molecular flexibility index (Phi) is 5.06. The minimum absolute atomic E-state index is 0.0464. The highest BCUT2D eigenvalue weighted by Gasteiger charge is 2.49. The van der Waals surface area contributed by atoms with Crippen molar-refractivity contribution in [3.05, 3.63) is 0 Å². The second kappa shape index (κ2) is 6.59. The number of nitrogens with zero attached hydrogens (tertiary/aromatic N) is 1. The number of carbonyl (C=O) groups is 2. The average Bonchev–Trinajstić information content (AvgIpc) is 3.19. The fourth-order valence-electron chi connectivity index (χ4n) is 3.63. The van der Waals surface area contributed by atoms with E-state index in [-0.39, 0.29) is 24.3 Å². The van der Waals surface area contributed by atoms with Crippen LogP contribution in [-0.2, 0) is 9.59 Å². The highest BCUT2D eigenvalue weighted by atomic mass is 16.4. The Bertz CT molecular complexity index is 361. The lowest BCUT2D eigenvalue weighted by Crippen LogP contribution is -2.40. The van der Waals surface area contributed by atoms with Crippen LogP contribution in [0.15, 0.2) is 0 Å². The largest absolute Gasteiger partial charge is 0.481 e. The quantitative estimate of drug-likeness (QED) is 0.814. The molecule has 2 saturated carbocycles. The number of hydrogen-bond donors (Lipinski definition) is 1. The van der Waals surface area contributed by atoms with E-state index in [1.807, 2.05) is 13.8 Å². The maximum Gasteiger partial charge on any atom is 0.305 e. The Morgan fingerprint density at radius 3 is 2.40 bits per heavy atom. The zero-order chi connectivity index (χ0) is 14.7. The molecule has 2 fully saturated rings. The molecule has 0 aromatic heterocycles. The van der Waals surface area contributed by atoms with Gasteiger partial charge in [-0.3, -0.25) is 9.59 Å². The van der Waals surface area contributed by atoms with E-state index in [4.69, 9.17) is 5.11 Å². The molecule has 0 aliphatic heterocycles. The number of carbonyl (C=O) groups excluding carboxylic acids is 1. The zero-order valence-electron chi connectivity index (χ0n) is 12.7. The van der Waals surface area contributed by atoms with Gasteiger partial charge in [0, 0.05) is 18.5 Å². The minimum atomic E-state index is -0.830. The predicted octanol–water partition coefficient (Wildman–Crippen LogP) is 2.91. The van der Waals surface area contributed by atoms with Gasteiger partial charge in [-0.05, 0) is 32.1 Å². The standard InChI is InChI=1S/C16H27NO3/c1-11(2)17(9-8-15(18)19)16(20)14-10-13(14)12-6-4-3-5-7-12/h11-14H,3-10H2,1-2H3,(H,18,19). The van der Waals surface area contributed by atoms with Crippen molar-refractivity contribution in [2.75, 3.05) is 6.54 Å². The lowest BCUT2D eigenvalue weighted by atomic mass is 9.85. The second-order valence-electron chi connectivity index (χ2n) is 6.67. The van der Waals surface area contributed by atoms with Crippen molar-refractivity contribution in [3.63, 3.8) is 0 Å². The van der Waals surface area contributed by atoms with E-state index >= 15 is 0 Å². The summed E-state index contributed by atoms with van der Waals surface area (Å²) in [6, 6.07) is 0.0921. The van der Waals surface area contributed by atoms with E-state index in [2.05, 4.69) is 0 Å². The molecular formula is C16H27NO3. The average molecular weight is 281 g/mol. The highest BCUT2D eigenvalue weighted by molar-refractivity contribution is 5.82. The molecule has 0 aromatic rings. The van der Waals surface area contributed by atoms with Crippen LogP contribution in [0.3, 0.4) is 0 Å². The van der Waals surface area contributed by atoms with Gasteiger partial charge in [-0.15, -0.1) is 0 Å². The molecule has 0 spiro atoms. The smallest absolute Gasteiger partial charge is 0.305 e. The van der Waals surface area contributed by atoms with Gasteiger partial charge >= 0.3 is 5.97 Å². The number of amides is 1. The molecule has 20 heavy (non-hydrogen) atoms. The molecule has 114 valence electrons. The van der Waals surface area contributed by atoms with Gasteiger partial charge < -0.3 is 10.0 Å². The molecular weight excluding hydrogens is 254 g/mol. The van der Waals surface area contributed by atoms with Crippen LogP contribution in [0.5, 0.6) is 0 Å². The number of rotatable bonds is 6. The molecule has 0 radical (unpaired) electrons. The van der Waals surface area contributed by atoms with Gasteiger partial charge in [-0.2, -0.15) is 0 Å². The third-order valence-electron chi connectivity index (χ3n) is 4.89. The first-order chi connectivity index (χ1) is 9.50. The molecule has 4 heteroatoms. The van der Waals surface area contributed by atoms with Crippen molar-refractivity contribution in [2.45, 2.75) is 64.8 Å². The number of carboxylic acids is 1. The lowest BCUT2D eigenvalue weighted by molar-refractivity contribution is -0.139. The summed E-state index contributed by atoms with van der Waals surface area (Å²) in [5.41, 5.74) is 0. The van der Waals surface area contributed by atoms with Gasteiger partial charge in [0.15, 0.2) is 0 Å². The molecule has 2 aliphatic carbocycles. The molecule has 0 heterocycles. The van der Waals surface area contributed by atoms with Crippen LogP contribution in [-0.4, -0.2) is 34.5 Å². The Morgan fingerprint density at radius 2 is 1.85 bits per heavy atom. The maximum absolute atomic E-state index is 12.5. The molecule has 2 atom stereocenters. The first-order valence-electron chi connectivity index (χ1n) is 8.03. The van der Waals surface area contributed by atoms with Crippen molar-refractivity contribution in [3.8, 4) is 0 Å². The Morgan fingerprint density at radius 1 is 1.20 bits per heavy atom. The van der Waals surface area contributed by atoms with E-state index in [1.54, 1.807) is 4.90 Å². The lowest BCUT2D eigenvalue weighted by Gasteiger charge is -2.27. The van der Waals surface area contributed by atoms with Crippen molar-refractivity contribution in [1.82, 2.24) is 4.90 Å². The monoisotopic (exact) mass is 281 g/mol. The summed E-state index contributed by atoms with van der Waals surface area (Å²) in [5.74, 6) is 0.856. The number of carboxylic acid groups (broad SMARTS) is 1. The minimum Gasteiger partial charge on any atom is -0.481 e. The molecule has 1 N–H and O–H groups in total. The van der Waals surface area contributed by atoms with Gasteiger partial charge in [0.25, 0.3) is 0 Å². The van der Waals surface area contributed by atoms with Crippen molar-refractivity contribution in [2.24, 2.45) is 17.8 Å². The summed E-state index contributed by atoms with van der Waals surface area (Å²) >= 11 is 0. The summed E-state index contributed by atoms with van der Waals surface area (Å²) in [6.45, 7) is 4.29. The van der Waals surface area contributed by atoms with Crippen LogP contribution < -0.4 is 0 Å². The Hall–Kier alpha value is -1.06. The third kappa shape index (κ3) is 3.74. The summed E-state index contributed by atoms with van der Waals surface area (Å²) in [5, 5.41) is 8.80. The van der Waals surface area contributed by atoms with Gasteiger partial charge in [0.05, 0.1) is 6.42 Å². The van der Waals surface area contributed by atoms with E-state index in [0.29, 0.717) is 12.5 Å². The topological polar surface area (TPSA) is 57.6 Å². The molecule has 2 rings (SSSR count). The van der Waals surface area contributed by atoms with Crippen LogP contribution >= 0.6 is 0 Å². The van der Waals surface area contributed by atoms with Crippen LogP contribution in [0.4, 0.5) is 0 Å². The van der Waals surface area contributed by atoms with Gasteiger partial charge in [-0.25, -0.2) is 0 Å². The normalized spacial score (nSPS) is 26.6. The van der Waals surface area contributed by atoms with Gasteiger partial charge in [0.1, 0.15) is 0 Å². The van der Waals surface area contributed by atoms with Gasteiger partial charge in [-0.1, -0.05) is 32.1 Å². The van der Waals surface area contributed by atoms with E-state index in [1.165, 1.54) is 32.1 Å². The third-order valence-corrected chi connectivity index (χ3v) is 4.89. The highest BCUT2D eigenvalue weighted by Crippen LogP contribution is 2.50. The molecule has 1 amide bonds. The summed E-state index contributed by atoms with van der Waals surface area (Å²) in [6.07, 6.45) is 7.61. The van der Waals surface area contributed by atoms with Crippen molar-refractivity contribution in [1.29, 1.82) is 0 Å². The second-order valence-corrected chi connectivity index (χ2v) is 6.67. The molecule has 2 unspecified atom stereocenters. The van der Waals surface area contributed by atoms with Crippen LogP contribution in [0.25, 0.3) is 0 Å². The SMILES string of the molecule is CC(C)N(CCC(=O)O)C(=O)C1CC1C1CCCCC1. The van der Waals surface area contributed by atoms with Crippen molar-refractivity contribution < 1.29 is 14.7 Å². The van der Waals surface area contributed by atoms with Crippen LogP contribution in [0.2, 0.25) is 0 Å². The number of aliphatic carboxylic acids is 1.